The van der Waals surface area contributed by atoms with Gasteiger partial charge in [-0.3, -0.25) is 4.79 Å². The summed E-state index contributed by atoms with van der Waals surface area (Å²) in [4.78, 5) is 11.9. The molecule has 3 heteroatoms. The van der Waals surface area contributed by atoms with Gasteiger partial charge in [-0.1, -0.05) is 43.6 Å². The van der Waals surface area contributed by atoms with Gasteiger partial charge in [-0.15, -0.1) is 0 Å². The second kappa shape index (κ2) is 4.92. The molecule has 2 rings (SSSR count). The van der Waals surface area contributed by atoms with Gasteiger partial charge in [-0.05, 0) is 12.5 Å². The lowest BCUT2D eigenvalue weighted by atomic mass is 10.0. The number of benzene rings is 1. The summed E-state index contributed by atoms with van der Waals surface area (Å²) in [5, 5.41) is 1.71. The maximum Gasteiger partial charge on any atom is 0.155 e. The highest BCUT2D eigenvalue weighted by Crippen LogP contribution is 2.25. The number of fused-ring (bicyclic) bond motifs is 1. The normalized spacial score (nSPS) is 12.9. The molecule has 0 fully saturated rings. The number of nitrogens with zero attached hydrogens (tertiary/aromatic N) is 1. The summed E-state index contributed by atoms with van der Waals surface area (Å²) < 4.78 is 1.94. The zero-order chi connectivity index (χ0) is 12.4. The number of rotatable bonds is 4. The number of halogens is 1. The predicted molar refractivity (Wildman–Crippen MR) is 71.4 cm³/mol. The molecule has 2 aromatic rings. The molecule has 17 heavy (non-hydrogen) atoms. The SMILES string of the molecule is CCC(C)C(=O)Cn1cc(Cl)c2ccccc21. The number of aromatic nitrogens is 1. The molecule has 1 aromatic carbocycles. The lowest BCUT2D eigenvalue weighted by Crippen LogP contribution is -2.16. The largest absolute Gasteiger partial charge is 0.338 e. The van der Waals surface area contributed by atoms with Crippen molar-refractivity contribution in [2.24, 2.45) is 5.92 Å². The van der Waals surface area contributed by atoms with E-state index in [9.17, 15) is 4.79 Å². The summed E-state index contributed by atoms with van der Waals surface area (Å²) in [6, 6.07) is 7.88. The molecule has 0 saturated heterocycles. The Morgan fingerprint density at radius 3 is 2.82 bits per heavy atom. The van der Waals surface area contributed by atoms with Crippen molar-refractivity contribution in [3.05, 3.63) is 35.5 Å². The number of ketones is 1. The third-order valence-corrected chi connectivity index (χ3v) is 3.53. The van der Waals surface area contributed by atoms with E-state index in [1.54, 1.807) is 0 Å². The van der Waals surface area contributed by atoms with Crippen molar-refractivity contribution in [3.63, 3.8) is 0 Å². The first-order valence-corrected chi connectivity index (χ1v) is 6.27. The third kappa shape index (κ3) is 2.37. The van der Waals surface area contributed by atoms with E-state index in [-0.39, 0.29) is 11.7 Å². The van der Waals surface area contributed by atoms with Crippen molar-refractivity contribution in [2.75, 3.05) is 0 Å². The third-order valence-electron chi connectivity index (χ3n) is 3.23. The van der Waals surface area contributed by atoms with Crippen molar-refractivity contribution in [1.82, 2.24) is 4.57 Å². The summed E-state index contributed by atoms with van der Waals surface area (Å²) in [6.07, 6.45) is 2.72. The van der Waals surface area contributed by atoms with Crippen LogP contribution in [-0.4, -0.2) is 10.4 Å². The molecule has 0 aliphatic heterocycles. The van der Waals surface area contributed by atoms with E-state index in [1.807, 2.05) is 48.9 Å². The van der Waals surface area contributed by atoms with E-state index >= 15 is 0 Å². The molecule has 2 nitrogen and oxygen atoms in total. The zero-order valence-corrected chi connectivity index (χ0v) is 10.9. The Balaban J connectivity index is 2.34. The van der Waals surface area contributed by atoms with Crippen molar-refractivity contribution in [3.8, 4) is 0 Å². The first-order valence-electron chi connectivity index (χ1n) is 5.89. The number of hydrogen-bond acceptors (Lipinski definition) is 1. The predicted octanol–water partition coefficient (Wildman–Crippen LogP) is 3.91. The summed E-state index contributed by atoms with van der Waals surface area (Å²) in [7, 11) is 0. The summed E-state index contributed by atoms with van der Waals surface area (Å²) >= 11 is 6.14. The van der Waals surface area contributed by atoms with Crippen LogP contribution in [0, 0.1) is 5.92 Å². The number of Topliss-reactive ketones (excluding diaryl/α,β-unsaturated/α-hetero) is 1. The first-order chi connectivity index (χ1) is 8.13. The Morgan fingerprint density at radius 1 is 1.41 bits per heavy atom. The maximum absolute atomic E-state index is 11.9. The minimum atomic E-state index is 0.106. The van der Waals surface area contributed by atoms with Crippen molar-refractivity contribution < 1.29 is 4.79 Å². The summed E-state index contributed by atoms with van der Waals surface area (Å²) in [5.74, 6) is 0.361. The zero-order valence-electron chi connectivity index (χ0n) is 10.1. The van der Waals surface area contributed by atoms with E-state index in [0.29, 0.717) is 11.6 Å². The Hall–Kier alpha value is -1.28. The van der Waals surface area contributed by atoms with Crippen molar-refractivity contribution in [1.29, 1.82) is 0 Å². The molecule has 1 atom stereocenters. The molecule has 0 bridgehead atoms. The van der Waals surface area contributed by atoms with Crippen molar-refractivity contribution in [2.45, 2.75) is 26.8 Å². The fourth-order valence-electron chi connectivity index (χ4n) is 1.88. The topological polar surface area (TPSA) is 22.0 Å². The second-order valence-corrected chi connectivity index (χ2v) is 4.80. The van der Waals surface area contributed by atoms with Crippen LogP contribution in [-0.2, 0) is 11.3 Å². The van der Waals surface area contributed by atoms with E-state index in [4.69, 9.17) is 11.6 Å². The van der Waals surface area contributed by atoms with E-state index in [1.165, 1.54) is 0 Å². The molecule has 0 saturated carbocycles. The van der Waals surface area contributed by atoms with E-state index in [0.717, 1.165) is 17.3 Å². The molecule has 0 amide bonds. The molecular formula is C14H16ClNO. The number of para-hydroxylation sites is 1. The minimum absolute atomic E-state index is 0.106. The highest BCUT2D eigenvalue weighted by Gasteiger charge is 2.13. The van der Waals surface area contributed by atoms with Crippen LogP contribution in [0.2, 0.25) is 5.02 Å². The van der Waals surface area contributed by atoms with Crippen LogP contribution in [0.15, 0.2) is 30.5 Å². The lowest BCUT2D eigenvalue weighted by Gasteiger charge is -2.09. The van der Waals surface area contributed by atoms with Gasteiger partial charge in [0.2, 0.25) is 0 Å². The number of carbonyl (C=O) groups is 1. The lowest BCUT2D eigenvalue weighted by molar-refractivity contribution is -0.122. The van der Waals surface area contributed by atoms with Crippen LogP contribution in [0.5, 0.6) is 0 Å². The maximum atomic E-state index is 11.9. The minimum Gasteiger partial charge on any atom is -0.338 e. The van der Waals surface area contributed by atoms with Gasteiger partial charge in [0, 0.05) is 23.0 Å². The molecule has 1 aromatic heterocycles. The number of hydrogen-bond donors (Lipinski definition) is 0. The van der Waals surface area contributed by atoms with Crippen LogP contribution >= 0.6 is 11.6 Å². The van der Waals surface area contributed by atoms with Crippen LogP contribution in [0.25, 0.3) is 10.9 Å². The van der Waals surface area contributed by atoms with Gasteiger partial charge in [0.15, 0.2) is 5.78 Å². The average molecular weight is 250 g/mol. The van der Waals surface area contributed by atoms with Crippen molar-refractivity contribution >= 4 is 28.3 Å². The Kier molecular flexibility index (Phi) is 3.53. The standard InChI is InChI=1S/C14H16ClNO/c1-3-10(2)14(17)9-16-8-12(15)11-6-4-5-7-13(11)16/h4-8,10H,3,9H2,1-2H3. The van der Waals surface area contributed by atoms with Gasteiger partial charge < -0.3 is 4.57 Å². The molecule has 90 valence electrons. The van der Waals surface area contributed by atoms with Gasteiger partial charge in [0.25, 0.3) is 0 Å². The van der Waals surface area contributed by atoms with Crippen LogP contribution in [0.3, 0.4) is 0 Å². The molecule has 0 radical (unpaired) electrons. The first kappa shape index (κ1) is 12.2. The fourth-order valence-corrected chi connectivity index (χ4v) is 2.16. The molecule has 1 unspecified atom stereocenters. The second-order valence-electron chi connectivity index (χ2n) is 4.40. The van der Waals surface area contributed by atoms with Gasteiger partial charge in [0.05, 0.1) is 11.6 Å². The van der Waals surface area contributed by atoms with Gasteiger partial charge in [0.1, 0.15) is 0 Å². The smallest absolute Gasteiger partial charge is 0.155 e. The Morgan fingerprint density at radius 2 is 2.12 bits per heavy atom. The quantitative estimate of drug-likeness (QED) is 0.805. The van der Waals surface area contributed by atoms with E-state index < -0.39 is 0 Å². The van der Waals surface area contributed by atoms with Gasteiger partial charge >= 0.3 is 0 Å². The summed E-state index contributed by atoms with van der Waals surface area (Å²) in [6.45, 7) is 4.40. The monoisotopic (exact) mass is 249 g/mol. The summed E-state index contributed by atoms with van der Waals surface area (Å²) in [5.41, 5.74) is 1.02. The molecule has 0 spiro atoms. The average Bonchev–Trinajstić information content (AvgIpc) is 2.66. The van der Waals surface area contributed by atoms with Gasteiger partial charge in [-0.2, -0.15) is 0 Å². The highest BCUT2D eigenvalue weighted by molar-refractivity contribution is 6.35. The Labute approximate surface area is 106 Å². The highest BCUT2D eigenvalue weighted by atomic mass is 35.5. The molecular weight excluding hydrogens is 234 g/mol. The molecule has 1 heterocycles. The molecule has 0 N–H and O–H groups in total. The van der Waals surface area contributed by atoms with Crippen LogP contribution < -0.4 is 0 Å². The fraction of sp³-hybridized carbons (Fsp3) is 0.357. The Bertz CT molecular complexity index is 544. The molecule has 0 aliphatic carbocycles. The van der Waals surface area contributed by atoms with E-state index in [2.05, 4.69) is 0 Å². The van der Waals surface area contributed by atoms with Gasteiger partial charge in [-0.25, -0.2) is 0 Å². The number of carbonyl (C=O) groups excluding carboxylic acids is 1. The van der Waals surface area contributed by atoms with Crippen LogP contribution in [0.1, 0.15) is 20.3 Å². The van der Waals surface area contributed by atoms with Crippen LogP contribution in [0.4, 0.5) is 0 Å². The molecule has 0 aliphatic rings.